The number of carbonyl (C=O) groups is 1. The molecule has 1 fully saturated rings. The summed E-state index contributed by atoms with van der Waals surface area (Å²) in [5.41, 5.74) is 7.76. The molecule has 0 spiro atoms. The van der Waals surface area contributed by atoms with Gasteiger partial charge in [0.1, 0.15) is 0 Å². The van der Waals surface area contributed by atoms with E-state index in [4.69, 9.17) is 9.47 Å². The lowest BCUT2D eigenvalue weighted by molar-refractivity contribution is -0.252. The second-order valence-electron chi connectivity index (χ2n) is 12.0. The van der Waals surface area contributed by atoms with Gasteiger partial charge in [-0.15, -0.1) is 0 Å². The van der Waals surface area contributed by atoms with Crippen LogP contribution in [0.25, 0.3) is 11.1 Å². The quantitative estimate of drug-likeness (QED) is 0.157. The van der Waals surface area contributed by atoms with Crippen LogP contribution in [0.1, 0.15) is 57.1 Å². The number of hydrogen-bond donors (Lipinski definition) is 2. The first-order valence-electron chi connectivity index (χ1n) is 16.2. The molecule has 7 nitrogen and oxygen atoms in total. The molecule has 2 heterocycles. The van der Waals surface area contributed by atoms with Crippen molar-refractivity contribution in [2.24, 2.45) is 0 Å². The number of benzene rings is 4. The normalized spacial score (nSPS) is 17.8. The van der Waals surface area contributed by atoms with Crippen molar-refractivity contribution in [1.29, 1.82) is 0 Å². The number of pyridine rings is 1. The molecule has 1 aliphatic heterocycles. The van der Waals surface area contributed by atoms with Crippen LogP contribution in [-0.4, -0.2) is 47.1 Å². The monoisotopic (exact) mass is 627 g/mol. The van der Waals surface area contributed by atoms with Gasteiger partial charge in [-0.25, -0.2) is 0 Å². The minimum Gasteiger partial charge on any atom is -0.392 e. The van der Waals surface area contributed by atoms with Gasteiger partial charge in [0, 0.05) is 55.5 Å². The van der Waals surface area contributed by atoms with Crippen LogP contribution >= 0.6 is 0 Å². The number of carbonyl (C=O) groups excluding carboxylic acids is 1. The molecule has 0 unspecified atom stereocenters. The largest absolute Gasteiger partial charge is 0.392 e. The highest BCUT2D eigenvalue weighted by molar-refractivity contribution is 5.94. The molecule has 1 amide bonds. The van der Waals surface area contributed by atoms with Crippen molar-refractivity contribution in [3.05, 3.63) is 161 Å². The fourth-order valence-corrected chi connectivity index (χ4v) is 5.97. The zero-order valence-electron chi connectivity index (χ0n) is 26.7. The molecule has 47 heavy (non-hydrogen) atoms. The maximum Gasteiger partial charge on any atom is 0.251 e. The third-order valence-electron chi connectivity index (χ3n) is 8.59. The van der Waals surface area contributed by atoms with E-state index in [0.717, 1.165) is 65.0 Å². The Kier molecular flexibility index (Phi) is 10.8. The summed E-state index contributed by atoms with van der Waals surface area (Å²) >= 11 is 0. The van der Waals surface area contributed by atoms with Crippen LogP contribution in [-0.2, 0) is 29.0 Å². The topological polar surface area (TPSA) is 83.9 Å². The lowest BCUT2D eigenvalue weighted by Crippen LogP contribution is -2.38. The molecule has 0 saturated carbocycles. The third-order valence-corrected chi connectivity index (χ3v) is 8.59. The number of aromatic nitrogens is 1. The maximum atomic E-state index is 12.7. The molecular formula is C40H41N3O4. The molecule has 7 heteroatoms. The van der Waals surface area contributed by atoms with Gasteiger partial charge in [-0.3, -0.25) is 9.78 Å². The first-order chi connectivity index (χ1) is 23.1. The fourth-order valence-electron chi connectivity index (χ4n) is 5.97. The zero-order chi connectivity index (χ0) is 32.4. The van der Waals surface area contributed by atoms with Gasteiger partial charge in [0.2, 0.25) is 0 Å². The molecule has 2 N–H and O–H groups in total. The van der Waals surface area contributed by atoms with Crippen LogP contribution < -0.4 is 5.32 Å². The highest BCUT2D eigenvalue weighted by Gasteiger charge is 2.32. The van der Waals surface area contributed by atoms with Gasteiger partial charge in [-0.1, -0.05) is 97.1 Å². The van der Waals surface area contributed by atoms with E-state index in [1.54, 1.807) is 0 Å². The summed E-state index contributed by atoms with van der Waals surface area (Å²) in [5, 5.41) is 12.6. The van der Waals surface area contributed by atoms with Crippen LogP contribution in [0.15, 0.2) is 128 Å². The molecule has 5 aromatic rings. The molecular weight excluding hydrogens is 586 g/mol. The Hall–Kier alpha value is -4.66. The number of ether oxygens (including phenoxy) is 2. The lowest BCUT2D eigenvalue weighted by Gasteiger charge is -2.38. The summed E-state index contributed by atoms with van der Waals surface area (Å²) in [6.07, 6.45) is 2.71. The van der Waals surface area contributed by atoms with Crippen molar-refractivity contribution in [2.75, 3.05) is 20.1 Å². The van der Waals surface area contributed by atoms with Crippen molar-refractivity contribution in [3.63, 3.8) is 0 Å². The van der Waals surface area contributed by atoms with Crippen LogP contribution in [0.5, 0.6) is 0 Å². The standard InChI is InChI=1S/C40H41N3O4/c1-43(24-22-35-12-7-8-23-41-35)27-36-25-38(31-16-14-29(28-44)15-17-31)47-40(46-36)33-20-18-30(19-21-33)37-13-6-5-11-34(37)26-42-39(45)32-9-3-2-4-10-32/h2-21,23,36,38,40,44H,22,24-28H2,1H3,(H,42,45)/t36-,38+,40+/m1/s1. The molecule has 1 aliphatic rings. The van der Waals surface area contributed by atoms with Crippen LogP contribution in [0, 0.1) is 0 Å². The predicted molar refractivity (Wildman–Crippen MR) is 183 cm³/mol. The first kappa shape index (κ1) is 32.3. The van der Waals surface area contributed by atoms with E-state index < -0.39 is 6.29 Å². The average molecular weight is 628 g/mol. The highest BCUT2D eigenvalue weighted by Crippen LogP contribution is 2.38. The van der Waals surface area contributed by atoms with E-state index in [0.29, 0.717) is 12.1 Å². The van der Waals surface area contributed by atoms with Crippen molar-refractivity contribution >= 4 is 5.91 Å². The summed E-state index contributed by atoms with van der Waals surface area (Å²) in [6, 6.07) is 39.7. The molecule has 240 valence electrons. The SMILES string of the molecule is CN(CCc1ccccn1)C[C@H]1C[C@@H](c2ccc(CO)cc2)O[C@@H](c2ccc(-c3ccccc3CNC(=O)c3ccccc3)cc2)O1. The maximum absolute atomic E-state index is 12.7. The number of amides is 1. The predicted octanol–water partition coefficient (Wildman–Crippen LogP) is 6.89. The Morgan fingerprint density at radius 2 is 1.57 bits per heavy atom. The van der Waals surface area contributed by atoms with E-state index in [-0.39, 0.29) is 24.7 Å². The summed E-state index contributed by atoms with van der Waals surface area (Å²) in [6.45, 7) is 2.07. The highest BCUT2D eigenvalue weighted by atomic mass is 16.7. The molecule has 1 aromatic heterocycles. The van der Waals surface area contributed by atoms with E-state index in [1.807, 2.05) is 91.1 Å². The first-order valence-corrected chi connectivity index (χ1v) is 16.2. The number of aliphatic hydroxyl groups is 1. The molecule has 1 saturated heterocycles. The number of likely N-dealkylation sites (N-methyl/N-ethyl adjacent to an activating group) is 1. The van der Waals surface area contributed by atoms with Crippen LogP contribution in [0.4, 0.5) is 0 Å². The summed E-state index contributed by atoms with van der Waals surface area (Å²) in [5.74, 6) is -0.0974. The molecule has 0 radical (unpaired) electrons. The Bertz CT molecular complexity index is 1710. The van der Waals surface area contributed by atoms with Gasteiger partial charge < -0.3 is 24.8 Å². The summed E-state index contributed by atoms with van der Waals surface area (Å²) < 4.78 is 13.2. The van der Waals surface area contributed by atoms with E-state index in [9.17, 15) is 9.90 Å². The molecule has 0 bridgehead atoms. The Labute approximate surface area is 276 Å². The van der Waals surface area contributed by atoms with Gasteiger partial charge in [-0.05, 0) is 59.1 Å². The average Bonchev–Trinajstić information content (AvgIpc) is 3.14. The van der Waals surface area contributed by atoms with Gasteiger partial charge in [0.15, 0.2) is 6.29 Å². The number of rotatable bonds is 12. The Morgan fingerprint density at radius 1 is 0.851 bits per heavy atom. The van der Waals surface area contributed by atoms with Gasteiger partial charge >= 0.3 is 0 Å². The van der Waals surface area contributed by atoms with E-state index in [1.165, 1.54) is 0 Å². The van der Waals surface area contributed by atoms with Crippen molar-refractivity contribution < 1.29 is 19.4 Å². The molecule has 6 rings (SSSR count). The fraction of sp³-hybridized carbons (Fsp3) is 0.250. The van der Waals surface area contributed by atoms with Crippen molar-refractivity contribution in [1.82, 2.24) is 15.2 Å². The second-order valence-corrected chi connectivity index (χ2v) is 12.0. The number of hydrogen-bond acceptors (Lipinski definition) is 6. The van der Waals surface area contributed by atoms with Crippen LogP contribution in [0.3, 0.4) is 0 Å². The van der Waals surface area contributed by atoms with E-state index >= 15 is 0 Å². The zero-order valence-corrected chi connectivity index (χ0v) is 26.7. The number of aliphatic hydroxyl groups excluding tert-OH is 1. The number of nitrogens with one attached hydrogen (secondary N) is 1. The van der Waals surface area contributed by atoms with Gasteiger partial charge in [-0.2, -0.15) is 0 Å². The Balaban J connectivity index is 1.16. The summed E-state index contributed by atoms with van der Waals surface area (Å²) in [7, 11) is 2.12. The molecule has 3 atom stereocenters. The summed E-state index contributed by atoms with van der Waals surface area (Å²) in [4.78, 5) is 19.4. The minimum absolute atomic E-state index is 0.0100. The Morgan fingerprint density at radius 3 is 2.32 bits per heavy atom. The number of nitrogens with zero attached hydrogens (tertiary/aromatic N) is 2. The third kappa shape index (κ3) is 8.58. The molecule has 0 aliphatic carbocycles. The van der Waals surface area contributed by atoms with Gasteiger partial charge in [0.25, 0.3) is 5.91 Å². The second kappa shape index (κ2) is 15.8. The van der Waals surface area contributed by atoms with Gasteiger partial charge in [0.05, 0.1) is 18.8 Å². The smallest absolute Gasteiger partial charge is 0.251 e. The lowest BCUT2D eigenvalue weighted by atomic mass is 9.97. The van der Waals surface area contributed by atoms with E-state index in [2.05, 4.69) is 58.6 Å². The van der Waals surface area contributed by atoms with Crippen LogP contribution in [0.2, 0.25) is 0 Å². The minimum atomic E-state index is -0.532. The van der Waals surface area contributed by atoms with Crippen molar-refractivity contribution in [3.8, 4) is 11.1 Å². The molecule has 4 aromatic carbocycles. The van der Waals surface area contributed by atoms with Crippen molar-refractivity contribution in [2.45, 2.75) is 44.5 Å².